The van der Waals surface area contributed by atoms with Gasteiger partial charge in [0.15, 0.2) is 0 Å². The van der Waals surface area contributed by atoms with Gasteiger partial charge in [0.25, 0.3) is 0 Å². The van der Waals surface area contributed by atoms with Crippen LogP contribution >= 0.6 is 0 Å². The van der Waals surface area contributed by atoms with Crippen molar-refractivity contribution in [3.05, 3.63) is 24.3 Å². The van der Waals surface area contributed by atoms with Crippen LogP contribution < -0.4 is 10.2 Å². The first-order valence-corrected chi connectivity index (χ1v) is 7.01. The maximum absolute atomic E-state index is 3.49. The van der Waals surface area contributed by atoms with Gasteiger partial charge in [0, 0.05) is 19.6 Å². The smallest absolute Gasteiger partial charge is 0.0602 e. The zero-order valence-corrected chi connectivity index (χ0v) is 10.5. The maximum Gasteiger partial charge on any atom is 0.0602 e. The highest BCUT2D eigenvalue weighted by molar-refractivity contribution is 5.71. The van der Waals surface area contributed by atoms with Gasteiger partial charge in [-0.15, -0.1) is 0 Å². The number of fused-ring (bicyclic) bond motifs is 1. The van der Waals surface area contributed by atoms with Crippen LogP contribution in [0, 0.1) is 5.92 Å². The van der Waals surface area contributed by atoms with Crippen LogP contribution in [0.25, 0.3) is 0 Å². The summed E-state index contributed by atoms with van der Waals surface area (Å²) < 4.78 is 0. The minimum Gasteiger partial charge on any atom is -0.382 e. The fourth-order valence-electron chi connectivity index (χ4n) is 3.22. The van der Waals surface area contributed by atoms with Gasteiger partial charge in [-0.3, -0.25) is 0 Å². The van der Waals surface area contributed by atoms with Gasteiger partial charge in [0.2, 0.25) is 0 Å². The molecule has 0 amide bonds. The van der Waals surface area contributed by atoms with Crippen molar-refractivity contribution in [3.63, 3.8) is 0 Å². The van der Waals surface area contributed by atoms with E-state index < -0.39 is 0 Å². The summed E-state index contributed by atoms with van der Waals surface area (Å²) >= 11 is 0. The number of nitrogens with zero attached hydrogens (tertiary/aromatic N) is 1. The van der Waals surface area contributed by atoms with Crippen molar-refractivity contribution in [2.75, 3.05) is 29.9 Å². The Labute approximate surface area is 104 Å². The molecule has 2 heteroatoms. The van der Waals surface area contributed by atoms with E-state index in [1.807, 2.05) is 0 Å². The molecule has 3 rings (SSSR count). The molecule has 0 atom stereocenters. The third kappa shape index (κ3) is 2.41. The van der Waals surface area contributed by atoms with Gasteiger partial charge in [-0.25, -0.2) is 0 Å². The first-order chi connectivity index (χ1) is 8.43. The van der Waals surface area contributed by atoms with Crippen LogP contribution in [-0.2, 0) is 0 Å². The summed E-state index contributed by atoms with van der Waals surface area (Å²) in [6.45, 7) is 3.51. The predicted molar refractivity (Wildman–Crippen MR) is 73.7 cm³/mol. The average Bonchev–Trinajstić information content (AvgIpc) is 2.40. The molecule has 0 saturated heterocycles. The molecule has 92 valence electrons. The van der Waals surface area contributed by atoms with Crippen molar-refractivity contribution in [1.82, 2.24) is 0 Å². The van der Waals surface area contributed by atoms with E-state index in [-0.39, 0.29) is 0 Å². The summed E-state index contributed by atoms with van der Waals surface area (Å²) in [6, 6.07) is 8.72. The molecule has 2 nitrogen and oxygen atoms in total. The normalized spacial score (nSPS) is 20.8. The van der Waals surface area contributed by atoms with E-state index in [4.69, 9.17) is 0 Å². The Morgan fingerprint density at radius 1 is 1.12 bits per heavy atom. The molecule has 1 aromatic rings. The van der Waals surface area contributed by atoms with Gasteiger partial charge in [-0.1, -0.05) is 31.4 Å². The lowest BCUT2D eigenvalue weighted by molar-refractivity contribution is 0.358. The molecule has 17 heavy (non-hydrogen) atoms. The first-order valence-electron chi connectivity index (χ1n) is 7.01. The minimum atomic E-state index is 0.926. The number of benzene rings is 1. The molecule has 0 spiro atoms. The number of para-hydroxylation sites is 2. The Bertz CT molecular complexity index is 369. The highest BCUT2D eigenvalue weighted by Crippen LogP contribution is 2.31. The van der Waals surface area contributed by atoms with Crippen LogP contribution in [0.15, 0.2) is 24.3 Å². The molecular formula is C15H22N2. The molecule has 1 fully saturated rings. The van der Waals surface area contributed by atoms with Crippen LogP contribution in [0.1, 0.15) is 32.1 Å². The Balaban J connectivity index is 1.71. The van der Waals surface area contributed by atoms with Crippen molar-refractivity contribution < 1.29 is 0 Å². The van der Waals surface area contributed by atoms with E-state index in [2.05, 4.69) is 34.5 Å². The van der Waals surface area contributed by atoms with Crippen LogP contribution in [0.2, 0.25) is 0 Å². The Hall–Kier alpha value is -1.18. The largest absolute Gasteiger partial charge is 0.382 e. The van der Waals surface area contributed by atoms with Crippen molar-refractivity contribution in [1.29, 1.82) is 0 Å². The molecule has 1 N–H and O–H groups in total. The Kier molecular flexibility index (Phi) is 3.21. The molecule has 2 aliphatic rings. The first kappa shape index (κ1) is 10.9. The molecule has 1 aliphatic heterocycles. The van der Waals surface area contributed by atoms with Crippen molar-refractivity contribution >= 4 is 11.4 Å². The molecule has 0 radical (unpaired) electrons. The lowest BCUT2D eigenvalue weighted by atomic mass is 9.88. The average molecular weight is 230 g/mol. The van der Waals surface area contributed by atoms with E-state index >= 15 is 0 Å². The van der Waals surface area contributed by atoms with Gasteiger partial charge in [-0.05, 0) is 30.9 Å². The minimum absolute atomic E-state index is 0.926. The highest BCUT2D eigenvalue weighted by atomic mass is 15.2. The standard InChI is InChI=1S/C15H22N2/c1-2-6-13(7-3-1)12-17-11-10-16-14-8-4-5-9-15(14)17/h4-5,8-9,13,16H,1-3,6-7,10-12H2. The Morgan fingerprint density at radius 3 is 2.82 bits per heavy atom. The molecule has 1 heterocycles. The van der Waals surface area contributed by atoms with Crippen LogP contribution in [0.3, 0.4) is 0 Å². The molecule has 0 aromatic heterocycles. The molecule has 0 bridgehead atoms. The van der Waals surface area contributed by atoms with Gasteiger partial charge in [0.05, 0.1) is 11.4 Å². The molecule has 1 saturated carbocycles. The van der Waals surface area contributed by atoms with Gasteiger partial charge in [-0.2, -0.15) is 0 Å². The summed E-state index contributed by atoms with van der Waals surface area (Å²) in [6.07, 6.45) is 7.21. The molecular weight excluding hydrogens is 208 g/mol. The monoisotopic (exact) mass is 230 g/mol. The fraction of sp³-hybridized carbons (Fsp3) is 0.600. The third-order valence-corrected chi connectivity index (χ3v) is 4.15. The van der Waals surface area contributed by atoms with Crippen molar-refractivity contribution in [2.45, 2.75) is 32.1 Å². The number of hydrogen-bond acceptors (Lipinski definition) is 2. The van der Waals surface area contributed by atoms with Gasteiger partial charge >= 0.3 is 0 Å². The maximum atomic E-state index is 3.49. The van der Waals surface area contributed by atoms with Gasteiger partial charge in [0.1, 0.15) is 0 Å². The second kappa shape index (κ2) is 4.99. The highest BCUT2D eigenvalue weighted by Gasteiger charge is 2.21. The van der Waals surface area contributed by atoms with E-state index in [9.17, 15) is 0 Å². The van der Waals surface area contributed by atoms with Crippen LogP contribution in [-0.4, -0.2) is 19.6 Å². The van der Waals surface area contributed by atoms with E-state index in [0.717, 1.165) is 19.0 Å². The van der Waals surface area contributed by atoms with E-state index in [1.165, 1.54) is 50.0 Å². The summed E-state index contributed by atoms with van der Waals surface area (Å²) in [5.41, 5.74) is 2.72. The van der Waals surface area contributed by atoms with Gasteiger partial charge < -0.3 is 10.2 Å². The van der Waals surface area contributed by atoms with Crippen LogP contribution in [0.5, 0.6) is 0 Å². The predicted octanol–water partition coefficient (Wildman–Crippen LogP) is 3.50. The number of anilines is 2. The lowest BCUT2D eigenvalue weighted by Gasteiger charge is -2.35. The topological polar surface area (TPSA) is 15.3 Å². The lowest BCUT2D eigenvalue weighted by Crippen LogP contribution is -2.37. The van der Waals surface area contributed by atoms with Crippen molar-refractivity contribution in [2.24, 2.45) is 5.92 Å². The number of hydrogen-bond donors (Lipinski definition) is 1. The Morgan fingerprint density at radius 2 is 1.94 bits per heavy atom. The summed E-state index contributed by atoms with van der Waals surface area (Å²) in [7, 11) is 0. The second-order valence-electron chi connectivity index (χ2n) is 5.39. The van der Waals surface area contributed by atoms with Crippen molar-refractivity contribution in [3.8, 4) is 0 Å². The van der Waals surface area contributed by atoms with E-state index in [1.54, 1.807) is 0 Å². The third-order valence-electron chi connectivity index (χ3n) is 4.15. The second-order valence-corrected chi connectivity index (χ2v) is 5.39. The summed E-state index contributed by atoms with van der Waals surface area (Å²) in [5, 5.41) is 3.49. The SMILES string of the molecule is c1ccc2c(c1)NCCN2CC1CCCCC1. The number of rotatable bonds is 2. The molecule has 0 unspecified atom stereocenters. The molecule has 1 aliphatic carbocycles. The zero-order valence-electron chi connectivity index (χ0n) is 10.5. The fourth-order valence-corrected chi connectivity index (χ4v) is 3.22. The number of nitrogens with one attached hydrogen (secondary N) is 1. The van der Waals surface area contributed by atoms with E-state index in [0.29, 0.717) is 0 Å². The molecule has 1 aromatic carbocycles. The summed E-state index contributed by atoms with van der Waals surface area (Å²) in [4.78, 5) is 2.59. The van der Waals surface area contributed by atoms with Crippen LogP contribution in [0.4, 0.5) is 11.4 Å². The quantitative estimate of drug-likeness (QED) is 0.836. The zero-order chi connectivity index (χ0) is 11.5. The summed E-state index contributed by atoms with van der Waals surface area (Å²) in [5.74, 6) is 0.926.